The molecule has 2 atom stereocenters. The Morgan fingerprint density at radius 3 is 2.67 bits per heavy atom. The van der Waals surface area contributed by atoms with Crippen LogP contribution in [0.25, 0.3) is 0 Å². The molecule has 39 heavy (non-hydrogen) atoms. The molecule has 0 amide bonds. The van der Waals surface area contributed by atoms with Gasteiger partial charge in [-0.25, -0.2) is 14.2 Å². The molecule has 212 valence electrons. The van der Waals surface area contributed by atoms with Crippen molar-refractivity contribution in [2.45, 2.75) is 46.8 Å². The number of aromatic hydroxyl groups is 1. The van der Waals surface area contributed by atoms with Crippen LogP contribution in [0.3, 0.4) is 0 Å². The van der Waals surface area contributed by atoms with Gasteiger partial charge in [0.15, 0.2) is 6.10 Å². The van der Waals surface area contributed by atoms with Crippen LogP contribution < -0.4 is 14.6 Å². The molecule has 1 aliphatic heterocycles. The number of nitrogens with one attached hydrogen (secondary N) is 1. The molecule has 0 fully saturated rings. The van der Waals surface area contributed by atoms with Gasteiger partial charge in [-0.05, 0) is 51.8 Å². The van der Waals surface area contributed by atoms with Gasteiger partial charge >= 0.3 is 19.5 Å². The Morgan fingerprint density at radius 2 is 2.00 bits per heavy atom. The predicted molar refractivity (Wildman–Crippen MR) is 146 cm³/mol. The third-order valence-corrected chi connectivity index (χ3v) is 8.09. The van der Waals surface area contributed by atoms with E-state index in [-0.39, 0.29) is 37.2 Å². The first-order chi connectivity index (χ1) is 18.6. The fourth-order valence-electron chi connectivity index (χ4n) is 4.18. The van der Waals surface area contributed by atoms with Crippen LogP contribution in [0.15, 0.2) is 42.0 Å². The average Bonchev–Trinajstić information content (AvgIpc) is 3.30. The van der Waals surface area contributed by atoms with E-state index < -0.39 is 25.6 Å². The van der Waals surface area contributed by atoms with Crippen LogP contribution in [0.1, 0.15) is 47.8 Å². The van der Waals surface area contributed by atoms with Gasteiger partial charge in [-0.3, -0.25) is 4.52 Å². The van der Waals surface area contributed by atoms with Crippen molar-refractivity contribution in [1.82, 2.24) is 5.32 Å². The molecule has 2 unspecified atom stereocenters. The number of esters is 2. The number of cyclic esters (lactones) is 1. The number of ether oxygens (including phenoxy) is 3. The topological polar surface area (TPSA) is 130 Å². The summed E-state index contributed by atoms with van der Waals surface area (Å²) >= 11 is 0. The van der Waals surface area contributed by atoms with E-state index in [4.69, 9.17) is 23.3 Å². The van der Waals surface area contributed by atoms with Gasteiger partial charge < -0.3 is 29.2 Å². The van der Waals surface area contributed by atoms with Crippen molar-refractivity contribution >= 4 is 19.5 Å². The highest BCUT2D eigenvalue weighted by molar-refractivity contribution is 7.54. The molecule has 2 N–H and O–H groups in total. The fourth-order valence-corrected chi connectivity index (χ4v) is 5.87. The van der Waals surface area contributed by atoms with E-state index in [2.05, 4.69) is 5.32 Å². The van der Waals surface area contributed by atoms with Crippen LogP contribution >= 0.6 is 7.60 Å². The maximum absolute atomic E-state index is 13.5. The van der Waals surface area contributed by atoms with Gasteiger partial charge in [0, 0.05) is 24.2 Å². The van der Waals surface area contributed by atoms with Gasteiger partial charge in [-0.1, -0.05) is 29.8 Å². The molecule has 3 rings (SSSR count). The number of carbonyl (C=O) groups is 2. The van der Waals surface area contributed by atoms with Crippen LogP contribution in [-0.4, -0.2) is 56.1 Å². The lowest BCUT2D eigenvalue weighted by molar-refractivity contribution is -0.150. The number of carbonyl (C=O) groups excluding carboxylic acids is 2. The quantitative estimate of drug-likeness (QED) is 0.145. The lowest BCUT2D eigenvalue weighted by atomic mass is 9.95. The number of allylic oxidation sites excluding steroid dienone is 1. The van der Waals surface area contributed by atoms with Gasteiger partial charge in [-0.2, -0.15) is 0 Å². The fraction of sp³-hybridized carbons (Fsp3) is 0.429. The van der Waals surface area contributed by atoms with Crippen molar-refractivity contribution in [1.29, 1.82) is 0 Å². The number of phenolic OH excluding ortho intramolecular Hbond substituents is 1. The molecule has 0 saturated heterocycles. The number of fused-ring (bicyclic) bond motifs is 1. The summed E-state index contributed by atoms with van der Waals surface area (Å²) in [5.74, 6) is -0.393. The van der Waals surface area contributed by atoms with Gasteiger partial charge in [-0.15, -0.1) is 0 Å². The number of hydrogen-bond donors (Lipinski definition) is 2. The smallest absolute Gasteiger partial charge is 0.381 e. The van der Waals surface area contributed by atoms with Crippen molar-refractivity contribution in [2.75, 3.05) is 33.0 Å². The minimum Gasteiger partial charge on any atom is -0.507 e. The lowest BCUT2D eigenvalue weighted by Crippen LogP contribution is -2.26. The highest BCUT2D eigenvalue weighted by Crippen LogP contribution is 2.49. The molecule has 2 aromatic rings. The Bertz CT molecular complexity index is 1260. The van der Waals surface area contributed by atoms with E-state index in [1.54, 1.807) is 31.2 Å². The van der Waals surface area contributed by atoms with Gasteiger partial charge in [0.05, 0.1) is 19.9 Å². The number of phenols is 1. The monoisotopic (exact) mass is 561 g/mol. The highest BCUT2D eigenvalue weighted by atomic mass is 31.2. The SMILES string of the molecule is CCOC(=O)C(C)OP(=O)(CCNCC(C)=CCc1c(O)c2c(c(C)c1OC)COC2=O)Oc1ccccc1. The summed E-state index contributed by atoms with van der Waals surface area (Å²) in [6.07, 6.45) is 1.20. The molecule has 0 aromatic heterocycles. The van der Waals surface area contributed by atoms with Gasteiger partial charge in [0.25, 0.3) is 0 Å². The summed E-state index contributed by atoms with van der Waals surface area (Å²) in [4.78, 5) is 24.2. The first kappa shape index (κ1) is 30.2. The molecule has 2 aromatic carbocycles. The maximum atomic E-state index is 13.5. The molecule has 0 saturated carbocycles. The molecule has 10 nitrogen and oxygen atoms in total. The second-order valence-electron chi connectivity index (χ2n) is 9.09. The zero-order valence-electron chi connectivity index (χ0n) is 22.9. The highest BCUT2D eigenvalue weighted by Gasteiger charge is 2.33. The Balaban J connectivity index is 1.64. The number of hydrogen-bond acceptors (Lipinski definition) is 10. The number of rotatable bonds is 14. The van der Waals surface area contributed by atoms with E-state index >= 15 is 0 Å². The van der Waals surface area contributed by atoms with E-state index in [0.29, 0.717) is 35.6 Å². The summed E-state index contributed by atoms with van der Waals surface area (Å²) < 4.78 is 40.4. The maximum Gasteiger partial charge on any atom is 0.381 e. The normalized spacial score (nSPS) is 15.2. The molecular formula is C28H36NO9P. The van der Waals surface area contributed by atoms with Crippen molar-refractivity contribution in [3.8, 4) is 17.2 Å². The first-order valence-electron chi connectivity index (χ1n) is 12.7. The summed E-state index contributed by atoms with van der Waals surface area (Å²) in [7, 11) is -2.19. The average molecular weight is 562 g/mol. The lowest BCUT2D eigenvalue weighted by Gasteiger charge is -2.22. The molecule has 0 aliphatic carbocycles. The second kappa shape index (κ2) is 13.6. The van der Waals surface area contributed by atoms with E-state index in [1.165, 1.54) is 14.0 Å². The summed E-state index contributed by atoms with van der Waals surface area (Å²) in [6, 6.07) is 8.63. The minimum atomic E-state index is -3.71. The largest absolute Gasteiger partial charge is 0.507 e. The Hall–Kier alpha value is -3.33. The van der Waals surface area contributed by atoms with Crippen LogP contribution in [0.5, 0.6) is 17.2 Å². The van der Waals surface area contributed by atoms with E-state index in [9.17, 15) is 19.3 Å². The van der Waals surface area contributed by atoms with Crippen LogP contribution in [-0.2, 0) is 36.4 Å². The third kappa shape index (κ3) is 7.62. The minimum absolute atomic E-state index is 0.0136. The van der Waals surface area contributed by atoms with Crippen LogP contribution in [0.2, 0.25) is 0 Å². The zero-order chi connectivity index (χ0) is 28.6. The molecule has 1 heterocycles. The Morgan fingerprint density at radius 1 is 1.28 bits per heavy atom. The number of para-hydroxylation sites is 1. The molecule has 0 bridgehead atoms. The molecule has 0 radical (unpaired) electrons. The van der Waals surface area contributed by atoms with Gasteiger partial charge in [0.2, 0.25) is 0 Å². The van der Waals surface area contributed by atoms with Crippen LogP contribution in [0, 0.1) is 6.92 Å². The second-order valence-corrected chi connectivity index (χ2v) is 11.1. The molecule has 1 aliphatic rings. The van der Waals surface area contributed by atoms with Gasteiger partial charge in [0.1, 0.15) is 29.4 Å². The number of benzene rings is 2. The van der Waals surface area contributed by atoms with Crippen LogP contribution in [0.4, 0.5) is 0 Å². The van der Waals surface area contributed by atoms with Crippen molar-refractivity contribution < 1.29 is 42.5 Å². The van der Waals surface area contributed by atoms with Crippen molar-refractivity contribution in [3.05, 3.63) is 64.2 Å². The summed E-state index contributed by atoms with van der Waals surface area (Å²) in [5.41, 5.74) is 3.05. The molecular weight excluding hydrogens is 525 g/mol. The predicted octanol–water partition coefficient (Wildman–Crippen LogP) is 4.70. The zero-order valence-corrected chi connectivity index (χ0v) is 23.8. The summed E-state index contributed by atoms with van der Waals surface area (Å²) in [5, 5.41) is 14.0. The Kier molecular flexibility index (Phi) is 10.6. The molecule has 0 spiro atoms. The van der Waals surface area contributed by atoms with Crippen molar-refractivity contribution in [3.63, 3.8) is 0 Å². The molecule has 11 heteroatoms. The standard InChI is InChI=1S/C28H36NO9P/c1-6-35-27(31)20(4)37-39(33,38-21-10-8-7-9-11-21)15-14-29-16-18(2)12-13-22-25(30)24-23(17-36-28(24)32)19(3)26(22)34-5/h7-12,20,29-30H,6,13-17H2,1-5H3. The van der Waals surface area contributed by atoms with E-state index in [1.807, 2.05) is 26.0 Å². The van der Waals surface area contributed by atoms with Crippen molar-refractivity contribution in [2.24, 2.45) is 0 Å². The first-order valence-corrected chi connectivity index (χ1v) is 14.5. The third-order valence-electron chi connectivity index (χ3n) is 6.19. The Labute approximate surface area is 228 Å². The van der Waals surface area contributed by atoms with E-state index in [0.717, 1.165) is 11.1 Å². The summed E-state index contributed by atoms with van der Waals surface area (Å²) in [6.45, 7) is 7.93. The number of methoxy groups -OCH3 is 1.